The minimum Gasteiger partial charge on any atom is -0.327 e. The molecule has 1 aromatic heterocycles. The van der Waals surface area contributed by atoms with Gasteiger partial charge in [0.2, 0.25) is 5.28 Å². The minimum absolute atomic E-state index is 0.204. The van der Waals surface area contributed by atoms with Crippen LogP contribution in [0.5, 0.6) is 0 Å². The molecule has 0 saturated heterocycles. The quantitative estimate of drug-likeness (QED) is 0.835. The highest BCUT2D eigenvalue weighted by molar-refractivity contribution is 6.28. The Morgan fingerprint density at radius 3 is 2.65 bits per heavy atom. The first-order valence-electron chi connectivity index (χ1n) is 7.73. The van der Waals surface area contributed by atoms with Gasteiger partial charge in [-0.3, -0.25) is 0 Å². The van der Waals surface area contributed by atoms with Crippen LogP contribution in [0.3, 0.4) is 0 Å². The molecule has 1 aliphatic rings. The number of carbonyl (C=O) groups excluding carboxylic acids is 1. The average molecular weight is 331 g/mol. The molecule has 0 radical (unpaired) electrons. The molecule has 23 heavy (non-hydrogen) atoms. The first kappa shape index (κ1) is 15.7. The monoisotopic (exact) mass is 330 g/mol. The van der Waals surface area contributed by atoms with Gasteiger partial charge in [-0.2, -0.15) is 0 Å². The van der Waals surface area contributed by atoms with E-state index in [1.54, 1.807) is 6.20 Å². The number of nitrogens with one attached hydrogen (secondary N) is 2. The summed E-state index contributed by atoms with van der Waals surface area (Å²) < 4.78 is 0. The van der Waals surface area contributed by atoms with E-state index in [9.17, 15) is 4.79 Å². The van der Waals surface area contributed by atoms with Crippen molar-refractivity contribution in [1.82, 2.24) is 15.3 Å². The van der Waals surface area contributed by atoms with Gasteiger partial charge in [0, 0.05) is 11.9 Å². The Labute approximate surface area is 140 Å². The SMILES string of the molecule is Cc1ccccc1NC(=O)NC1(c2ccnc(Cl)n2)CCCC1. The Kier molecular flexibility index (Phi) is 4.48. The van der Waals surface area contributed by atoms with Crippen molar-refractivity contribution in [2.24, 2.45) is 0 Å². The Morgan fingerprint density at radius 2 is 1.96 bits per heavy atom. The van der Waals surface area contributed by atoms with Crippen molar-refractivity contribution in [3.63, 3.8) is 0 Å². The van der Waals surface area contributed by atoms with E-state index in [2.05, 4.69) is 20.6 Å². The van der Waals surface area contributed by atoms with Crippen LogP contribution < -0.4 is 10.6 Å². The maximum atomic E-state index is 12.5. The fraction of sp³-hybridized carbons (Fsp3) is 0.353. The highest BCUT2D eigenvalue weighted by Gasteiger charge is 2.38. The Balaban J connectivity index is 1.80. The number of hydrogen-bond acceptors (Lipinski definition) is 3. The second-order valence-electron chi connectivity index (χ2n) is 5.89. The van der Waals surface area contributed by atoms with Gasteiger partial charge in [-0.15, -0.1) is 0 Å². The lowest BCUT2D eigenvalue weighted by Gasteiger charge is -2.30. The van der Waals surface area contributed by atoms with Gasteiger partial charge in [0.25, 0.3) is 0 Å². The summed E-state index contributed by atoms with van der Waals surface area (Å²) in [4.78, 5) is 20.7. The molecular weight excluding hydrogens is 312 g/mol. The molecule has 6 heteroatoms. The van der Waals surface area contributed by atoms with E-state index >= 15 is 0 Å². The van der Waals surface area contributed by atoms with E-state index in [1.165, 1.54) is 0 Å². The van der Waals surface area contributed by atoms with Crippen molar-refractivity contribution in [3.8, 4) is 0 Å². The standard InChI is InChI=1S/C17H19ClN4O/c1-12-6-2-3-7-13(12)20-16(23)22-17(9-4-5-10-17)14-8-11-19-15(18)21-14/h2-3,6-8,11H,4-5,9-10H2,1H3,(H2,20,22,23). The molecule has 0 aliphatic heterocycles. The van der Waals surface area contributed by atoms with Crippen LogP contribution in [0, 0.1) is 6.92 Å². The zero-order valence-electron chi connectivity index (χ0n) is 13.0. The molecule has 2 aromatic rings. The number of amides is 2. The molecule has 1 heterocycles. The predicted molar refractivity (Wildman–Crippen MR) is 90.5 cm³/mol. The van der Waals surface area contributed by atoms with Crippen molar-refractivity contribution in [1.29, 1.82) is 0 Å². The Bertz CT molecular complexity index is 713. The summed E-state index contributed by atoms with van der Waals surface area (Å²) in [6, 6.07) is 9.29. The first-order valence-corrected chi connectivity index (χ1v) is 8.11. The van der Waals surface area contributed by atoms with Crippen LogP contribution in [0.25, 0.3) is 0 Å². The summed E-state index contributed by atoms with van der Waals surface area (Å²) in [6.45, 7) is 1.96. The highest BCUT2D eigenvalue weighted by Crippen LogP contribution is 2.38. The summed E-state index contributed by atoms with van der Waals surface area (Å²) >= 11 is 5.92. The number of carbonyl (C=O) groups is 1. The zero-order chi connectivity index (χ0) is 16.3. The smallest absolute Gasteiger partial charge is 0.319 e. The summed E-state index contributed by atoms with van der Waals surface area (Å²) in [5, 5.41) is 6.24. The fourth-order valence-corrected chi connectivity index (χ4v) is 3.26. The molecule has 1 aromatic carbocycles. The van der Waals surface area contributed by atoms with Crippen molar-refractivity contribution in [3.05, 3.63) is 53.1 Å². The third-order valence-corrected chi connectivity index (χ3v) is 4.50. The fourth-order valence-electron chi connectivity index (χ4n) is 3.11. The lowest BCUT2D eigenvalue weighted by Crippen LogP contribution is -2.46. The van der Waals surface area contributed by atoms with E-state index in [-0.39, 0.29) is 11.3 Å². The van der Waals surface area contributed by atoms with E-state index in [0.717, 1.165) is 42.6 Å². The first-order chi connectivity index (χ1) is 11.1. The second kappa shape index (κ2) is 6.54. The molecule has 1 aliphatic carbocycles. The summed E-state index contributed by atoms with van der Waals surface area (Å²) in [5.74, 6) is 0. The van der Waals surface area contributed by atoms with Gasteiger partial charge in [-0.1, -0.05) is 31.0 Å². The van der Waals surface area contributed by atoms with E-state index in [0.29, 0.717) is 0 Å². The number of benzene rings is 1. The molecule has 120 valence electrons. The normalized spacial score (nSPS) is 16.1. The number of anilines is 1. The van der Waals surface area contributed by atoms with Gasteiger partial charge >= 0.3 is 6.03 Å². The lowest BCUT2D eigenvalue weighted by molar-refractivity contribution is 0.235. The van der Waals surface area contributed by atoms with Crippen molar-refractivity contribution < 1.29 is 4.79 Å². The third kappa shape index (κ3) is 3.45. The molecule has 0 unspecified atom stereocenters. The largest absolute Gasteiger partial charge is 0.327 e. The summed E-state index contributed by atoms with van der Waals surface area (Å²) in [7, 11) is 0. The molecule has 3 rings (SSSR count). The third-order valence-electron chi connectivity index (χ3n) is 4.32. The average Bonchev–Trinajstić information content (AvgIpc) is 2.99. The molecule has 0 bridgehead atoms. The van der Waals surface area contributed by atoms with Crippen LogP contribution in [-0.2, 0) is 5.54 Å². The Hall–Kier alpha value is -2.14. The molecule has 1 saturated carbocycles. The number of hydrogen-bond donors (Lipinski definition) is 2. The zero-order valence-corrected chi connectivity index (χ0v) is 13.7. The van der Waals surface area contributed by atoms with Crippen molar-refractivity contribution in [2.45, 2.75) is 38.1 Å². The topological polar surface area (TPSA) is 66.9 Å². The van der Waals surface area contributed by atoms with Gasteiger partial charge in [0.1, 0.15) is 0 Å². The van der Waals surface area contributed by atoms with Crippen LogP contribution in [0.15, 0.2) is 36.5 Å². The highest BCUT2D eigenvalue weighted by atomic mass is 35.5. The van der Waals surface area contributed by atoms with Crippen LogP contribution >= 0.6 is 11.6 Å². The molecule has 0 spiro atoms. The van der Waals surface area contributed by atoms with Crippen molar-refractivity contribution in [2.75, 3.05) is 5.32 Å². The second-order valence-corrected chi connectivity index (χ2v) is 6.23. The number of halogens is 1. The summed E-state index contributed by atoms with van der Waals surface area (Å²) in [6.07, 6.45) is 5.42. The van der Waals surface area contributed by atoms with Gasteiger partial charge in [0.15, 0.2) is 0 Å². The van der Waals surface area contributed by atoms with Gasteiger partial charge < -0.3 is 10.6 Å². The number of para-hydroxylation sites is 1. The molecule has 0 atom stereocenters. The summed E-state index contributed by atoms with van der Waals surface area (Å²) in [5.41, 5.74) is 2.13. The maximum Gasteiger partial charge on any atom is 0.319 e. The van der Waals surface area contributed by atoms with Gasteiger partial charge in [-0.05, 0) is 49.1 Å². The molecular formula is C17H19ClN4O. The number of aromatic nitrogens is 2. The van der Waals surface area contributed by atoms with Crippen LogP contribution in [0.2, 0.25) is 5.28 Å². The van der Waals surface area contributed by atoms with Crippen LogP contribution in [-0.4, -0.2) is 16.0 Å². The predicted octanol–water partition coefficient (Wildman–Crippen LogP) is 4.03. The number of nitrogens with zero attached hydrogens (tertiary/aromatic N) is 2. The van der Waals surface area contributed by atoms with E-state index < -0.39 is 5.54 Å². The molecule has 5 nitrogen and oxygen atoms in total. The van der Waals surface area contributed by atoms with Crippen LogP contribution in [0.1, 0.15) is 36.9 Å². The number of aryl methyl sites for hydroxylation is 1. The minimum atomic E-state index is -0.473. The molecule has 2 N–H and O–H groups in total. The van der Waals surface area contributed by atoms with Gasteiger partial charge in [0.05, 0.1) is 11.2 Å². The Morgan fingerprint density at radius 1 is 1.22 bits per heavy atom. The lowest BCUT2D eigenvalue weighted by atomic mass is 9.93. The molecule has 1 fully saturated rings. The van der Waals surface area contributed by atoms with Crippen molar-refractivity contribution >= 4 is 23.3 Å². The number of urea groups is 1. The van der Waals surface area contributed by atoms with Gasteiger partial charge in [-0.25, -0.2) is 14.8 Å². The maximum absolute atomic E-state index is 12.5. The van der Waals surface area contributed by atoms with E-state index in [4.69, 9.17) is 11.6 Å². The number of rotatable bonds is 3. The van der Waals surface area contributed by atoms with Crippen LogP contribution in [0.4, 0.5) is 10.5 Å². The molecule has 2 amide bonds. The van der Waals surface area contributed by atoms with E-state index in [1.807, 2.05) is 37.3 Å².